The molecule has 1 rings (SSSR count). The Kier molecular flexibility index (Phi) is 2.60. The SMILES string of the molecule is CC1CC(O)(C(F)(F)F)CC(C)O1. The Hall–Kier alpha value is -0.290. The van der Waals surface area contributed by atoms with E-state index >= 15 is 0 Å². The quantitative estimate of drug-likeness (QED) is 0.643. The monoisotopic (exact) mass is 198 g/mol. The molecule has 0 aromatic rings. The molecule has 0 saturated carbocycles. The number of ether oxygens (including phenoxy) is 1. The van der Waals surface area contributed by atoms with E-state index in [1.165, 1.54) is 13.8 Å². The minimum atomic E-state index is -4.56. The second kappa shape index (κ2) is 3.13. The van der Waals surface area contributed by atoms with Crippen LogP contribution in [0.5, 0.6) is 0 Å². The molecule has 0 aromatic carbocycles. The molecule has 2 atom stereocenters. The van der Waals surface area contributed by atoms with Crippen LogP contribution in [0.2, 0.25) is 0 Å². The van der Waals surface area contributed by atoms with Gasteiger partial charge in [-0.2, -0.15) is 13.2 Å². The van der Waals surface area contributed by atoms with Crippen LogP contribution in [-0.2, 0) is 4.74 Å². The highest BCUT2D eigenvalue weighted by Gasteiger charge is 2.56. The van der Waals surface area contributed by atoms with Crippen LogP contribution in [0.3, 0.4) is 0 Å². The first kappa shape index (κ1) is 10.8. The number of hydrogen-bond acceptors (Lipinski definition) is 2. The topological polar surface area (TPSA) is 29.5 Å². The van der Waals surface area contributed by atoms with Gasteiger partial charge < -0.3 is 9.84 Å². The maximum Gasteiger partial charge on any atom is 0.417 e. The van der Waals surface area contributed by atoms with Gasteiger partial charge in [0.25, 0.3) is 0 Å². The van der Waals surface area contributed by atoms with Crippen LogP contribution in [-0.4, -0.2) is 29.1 Å². The summed E-state index contributed by atoms with van der Waals surface area (Å²) in [5.41, 5.74) is -2.57. The van der Waals surface area contributed by atoms with Crippen molar-refractivity contribution in [2.24, 2.45) is 0 Å². The van der Waals surface area contributed by atoms with E-state index in [0.717, 1.165) is 0 Å². The number of aliphatic hydroxyl groups is 1. The second-order valence-electron chi connectivity index (χ2n) is 3.69. The molecule has 0 amide bonds. The molecule has 13 heavy (non-hydrogen) atoms. The van der Waals surface area contributed by atoms with E-state index in [1.54, 1.807) is 0 Å². The molecule has 78 valence electrons. The van der Waals surface area contributed by atoms with Gasteiger partial charge in [-0.3, -0.25) is 0 Å². The maximum absolute atomic E-state index is 12.4. The van der Waals surface area contributed by atoms with Crippen LogP contribution in [0.4, 0.5) is 13.2 Å². The van der Waals surface area contributed by atoms with Crippen molar-refractivity contribution in [2.75, 3.05) is 0 Å². The van der Waals surface area contributed by atoms with Crippen LogP contribution in [0, 0.1) is 0 Å². The van der Waals surface area contributed by atoms with Gasteiger partial charge in [0.1, 0.15) is 0 Å². The fraction of sp³-hybridized carbons (Fsp3) is 1.00. The number of rotatable bonds is 0. The summed E-state index contributed by atoms with van der Waals surface area (Å²) in [6.07, 6.45) is -6.40. The van der Waals surface area contributed by atoms with Gasteiger partial charge in [0.2, 0.25) is 0 Å². The zero-order chi connectivity index (χ0) is 10.3. The predicted octanol–water partition coefficient (Wildman–Crippen LogP) is 1.87. The number of halogens is 3. The molecule has 0 bridgehead atoms. The zero-order valence-electron chi connectivity index (χ0n) is 7.56. The molecule has 1 heterocycles. The van der Waals surface area contributed by atoms with E-state index in [-0.39, 0.29) is 12.8 Å². The lowest BCUT2D eigenvalue weighted by Gasteiger charge is -2.39. The Bertz CT molecular complexity index is 180. The summed E-state index contributed by atoms with van der Waals surface area (Å²) in [5.74, 6) is 0. The Labute approximate surface area is 74.7 Å². The summed E-state index contributed by atoms with van der Waals surface area (Å²) < 4.78 is 42.2. The van der Waals surface area contributed by atoms with Gasteiger partial charge in [-0.25, -0.2) is 0 Å². The molecular formula is C8H13F3O2. The van der Waals surface area contributed by atoms with Crippen molar-refractivity contribution >= 4 is 0 Å². The molecule has 1 aliphatic heterocycles. The third kappa shape index (κ3) is 2.14. The first-order valence-electron chi connectivity index (χ1n) is 4.19. The molecule has 5 heteroatoms. The molecule has 1 fully saturated rings. The molecule has 1 N–H and O–H groups in total. The van der Waals surface area contributed by atoms with Crippen molar-refractivity contribution in [1.82, 2.24) is 0 Å². The van der Waals surface area contributed by atoms with E-state index < -0.39 is 24.0 Å². The van der Waals surface area contributed by atoms with Crippen molar-refractivity contribution in [2.45, 2.75) is 50.7 Å². The molecule has 0 spiro atoms. The van der Waals surface area contributed by atoms with Crippen molar-refractivity contribution < 1.29 is 23.0 Å². The smallest absolute Gasteiger partial charge is 0.380 e. The Morgan fingerprint density at radius 2 is 1.62 bits per heavy atom. The number of alkyl halides is 3. The van der Waals surface area contributed by atoms with Gasteiger partial charge in [-0.15, -0.1) is 0 Å². The van der Waals surface area contributed by atoms with Gasteiger partial charge in [0.05, 0.1) is 12.2 Å². The lowest BCUT2D eigenvalue weighted by molar-refractivity contribution is -0.295. The van der Waals surface area contributed by atoms with Gasteiger partial charge in [0.15, 0.2) is 5.60 Å². The highest BCUT2D eigenvalue weighted by atomic mass is 19.4. The average molecular weight is 198 g/mol. The molecule has 1 aliphatic rings. The molecule has 2 unspecified atom stereocenters. The Morgan fingerprint density at radius 1 is 1.23 bits per heavy atom. The van der Waals surface area contributed by atoms with Crippen LogP contribution in [0.15, 0.2) is 0 Å². The number of hydrogen-bond donors (Lipinski definition) is 1. The van der Waals surface area contributed by atoms with Crippen LogP contribution in [0.1, 0.15) is 26.7 Å². The first-order chi connectivity index (χ1) is 5.74. The molecule has 0 aliphatic carbocycles. The summed E-state index contributed by atoms with van der Waals surface area (Å²) >= 11 is 0. The van der Waals surface area contributed by atoms with Gasteiger partial charge >= 0.3 is 6.18 Å². The Balaban J connectivity index is 2.78. The van der Waals surface area contributed by atoms with Gasteiger partial charge in [0, 0.05) is 12.8 Å². The zero-order valence-corrected chi connectivity index (χ0v) is 7.56. The maximum atomic E-state index is 12.4. The van der Waals surface area contributed by atoms with Crippen LogP contribution >= 0.6 is 0 Å². The second-order valence-corrected chi connectivity index (χ2v) is 3.69. The molecule has 2 nitrogen and oxygen atoms in total. The third-order valence-corrected chi connectivity index (χ3v) is 2.24. The van der Waals surface area contributed by atoms with E-state index in [9.17, 15) is 18.3 Å². The van der Waals surface area contributed by atoms with Crippen molar-refractivity contribution in [1.29, 1.82) is 0 Å². The molecule has 1 saturated heterocycles. The highest BCUT2D eigenvalue weighted by molar-refractivity contribution is 4.93. The summed E-state index contributed by atoms with van der Waals surface area (Å²) in [6.45, 7) is 3.07. The summed E-state index contributed by atoms with van der Waals surface area (Å²) in [6, 6.07) is 0. The molecular weight excluding hydrogens is 185 g/mol. The largest absolute Gasteiger partial charge is 0.417 e. The van der Waals surface area contributed by atoms with E-state index in [4.69, 9.17) is 4.74 Å². The Morgan fingerprint density at radius 3 is 1.92 bits per heavy atom. The van der Waals surface area contributed by atoms with E-state index in [2.05, 4.69) is 0 Å². The fourth-order valence-electron chi connectivity index (χ4n) is 1.76. The third-order valence-electron chi connectivity index (χ3n) is 2.24. The molecule has 0 aromatic heterocycles. The standard InChI is InChI=1S/C8H13F3O2/c1-5-3-7(12,8(9,10)11)4-6(2)13-5/h5-6,12H,3-4H2,1-2H3. The lowest BCUT2D eigenvalue weighted by atomic mass is 9.87. The highest BCUT2D eigenvalue weighted by Crippen LogP contribution is 2.41. The minimum Gasteiger partial charge on any atom is -0.380 e. The minimum absolute atomic E-state index is 0.374. The van der Waals surface area contributed by atoms with Crippen molar-refractivity contribution in [3.8, 4) is 0 Å². The van der Waals surface area contributed by atoms with Crippen LogP contribution < -0.4 is 0 Å². The lowest BCUT2D eigenvalue weighted by Crippen LogP contribution is -2.53. The van der Waals surface area contributed by atoms with E-state index in [1.807, 2.05) is 0 Å². The fourth-order valence-corrected chi connectivity index (χ4v) is 1.76. The van der Waals surface area contributed by atoms with Crippen LogP contribution in [0.25, 0.3) is 0 Å². The van der Waals surface area contributed by atoms with Crippen molar-refractivity contribution in [3.63, 3.8) is 0 Å². The first-order valence-corrected chi connectivity index (χ1v) is 4.19. The van der Waals surface area contributed by atoms with Crippen molar-refractivity contribution in [3.05, 3.63) is 0 Å². The normalized spacial score (nSPS) is 42.0. The van der Waals surface area contributed by atoms with E-state index in [0.29, 0.717) is 0 Å². The summed E-state index contributed by atoms with van der Waals surface area (Å²) in [4.78, 5) is 0. The van der Waals surface area contributed by atoms with Gasteiger partial charge in [-0.05, 0) is 13.8 Å². The molecule has 0 radical (unpaired) electrons. The summed E-state index contributed by atoms with van der Waals surface area (Å²) in [7, 11) is 0. The average Bonchev–Trinajstić information content (AvgIpc) is 1.79. The summed E-state index contributed by atoms with van der Waals surface area (Å²) in [5, 5.41) is 9.34. The van der Waals surface area contributed by atoms with Gasteiger partial charge in [-0.1, -0.05) is 0 Å². The predicted molar refractivity (Wildman–Crippen MR) is 40.2 cm³/mol.